The molecule has 7 heteroatoms. The maximum absolute atomic E-state index is 12.2. The van der Waals surface area contributed by atoms with Crippen LogP contribution in [0.25, 0.3) is 0 Å². The number of nitrogens with two attached hydrogens (primary N) is 1. The SMILES string of the molecule is COC1CCN(CC(F)(F)F)C(CN)C1.Cl. The van der Waals surface area contributed by atoms with E-state index in [9.17, 15) is 13.2 Å². The standard InChI is InChI=1S/C9H17F3N2O.ClH/c1-15-8-2-3-14(6-9(10,11)12)7(4-8)5-13;/h7-8H,2-6,13H2,1H3;1H. The molecule has 2 N–H and O–H groups in total. The van der Waals surface area contributed by atoms with Crippen molar-refractivity contribution in [3.8, 4) is 0 Å². The van der Waals surface area contributed by atoms with Crippen molar-refractivity contribution in [1.82, 2.24) is 4.90 Å². The van der Waals surface area contributed by atoms with Crippen molar-refractivity contribution in [2.45, 2.75) is 31.2 Å². The van der Waals surface area contributed by atoms with Crippen molar-refractivity contribution in [3.63, 3.8) is 0 Å². The van der Waals surface area contributed by atoms with Gasteiger partial charge in [0.15, 0.2) is 0 Å². The molecule has 0 aromatic carbocycles. The number of likely N-dealkylation sites (tertiary alicyclic amines) is 1. The minimum atomic E-state index is -4.15. The van der Waals surface area contributed by atoms with Gasteiger partial charge in [-0.2, -0.15) is 13.2 Å². The van der Waals surface area contributed by atoms with E-state index in [1.165, 1.54) is 4.90 Å². The predicted octanol–water partition coefficient (Wildman–Crippen LogP) is 1.41. The number of alkyl halides is 3. The fourth-order valence-electron chi connectivity index (χ4n) is 1.96. The summed E-state index contributed by atoms with van der Waals surface area (Å²) in [6.07, 6.45) is -2.87. The van der Waals surface area contributed by atoms with Crippen molar-refractivity contribution >= 4 is 12.4 Å². The number of hydrogen-bond donors (Lipinski definition) is 1. The number of nitrogens with zero attached hydrogens (tertiary/aromatic N) is 1. The quantitative estimate of drug-likeness (QED) is 0.836. The third kappa shape index (κ3) is 4.86. The molecule has 0 aromatic rings. The van der Waals surface area contributed by atoms with Gasteiger partial charge < -0.3 is 10.5 Å². The summed E-state index contributed by atoms with van der Waals surface area (Å²) in [4.78, 5) is 1.40. The van der Waals surface area contributed by atoms with Crippen LogP contribution in [0.4, 0.5) is 13.2 Å². The molecule has 1 aliphatic rings. The second-order valence-electron chi connectivity index (χ2n) is 3.86. The molecule has 98 valence electrons. The minimum absolute atomic E-state index is 0. The zero-order chi connectivity index (χ0) is 11.5. The van der Waals surface area contributed by atoms with Gasteiger partial charge in [0.25, 0.3) is 0 Å². The van der Waals surface area contributed by atoms with Gasteiger partial charge in [-0.3, -0.25) is 4.90 Å². The molecule has 0 bridgehead atoms. The summed E-state index contributed by atoms with van der Waals surface area (Å²) in [5.41, 5.74) is 5.46. The van der Waals surface area contributed by atoms with Crippen molar-refractivity contribution < 1.29 is 17.9 Å². The van der Waals surface area contributed by atoms with Crippen LogP contribution in [0.15, 0.2) is 0 Å². The van der Waals surface area contributed by atoms with Crippen LogP contribution in [0.3, 0.4) is 0 Å². The number of rotatable bonds is 3. The van der Waals surface area contributed by atoms with Crippen LogP contribution >= 0.6 is 12.4 Å². The smallest absolute Gasteiger partial charge is 0.381 e. The van der Waals surface area contributed by atoms with Crippen molar-refractivity contribution in [3.05, 3.63) is 0 Å². The van der Waals surface area contributed by atoms with Gasteiger partial charge >= 0.3 is 6.18 Å². The third-order valence-electron chi connectivity index (χ3n) is 2.78. The van der Waals surface area contributed by atoms with Crippen LogP contribution in [0, 0.1) is 0 Å². The number of methoxy groups -OCH3 is 1. The van der Waals surface area contributed by atoms with E-state index in [1.807, 2.05) is 0 Å². The summed E-state index contributed by atoms with van der Waals surface area (Å²) < 4.78 is 41.8. The Hall–Kier alpha value is -0.0400. The molecule has 3 nitrogen and oxygen atoms in total. The van der Waals surface area contributed by atoms with Gasteiger partial charge in [0, 0.05) is 26.2 Å². The largest absolute Gasteiger partial charge is 0.401 e. The van der Waals surface area contributed by atoms with E-state index in [4.69, 9.17) is 10.5 Å². The highest BCUT2D eigenvalue weighted by Gasteiger charge is 2.36. The fraction of sp³-hybridized carbons (Fsp3) is 1.00. The van der Waals surface area contributed by atoms with Crippen LogP contribution in [0.1, 0.15) is 12.8 Å². The van der Waals surface area contributed by atoms with E-state index in [0.29, 0.717) is 19.4 Å². The predicted molar refractivity (Wildman–Crippen MR) is 57.7 cm³/mol. The summed E-state index contributed by atoms with van der Waals surface area (Å²) in [7, 11) is 1.58. The Kier molecular flexibility index (Phi) is 6.62. The molecule has 1 heterocycles. The van der Waals surface area contributed by atoms with Crippen LogP contribution in [-0.4, -0.2) is 50.0 Å². The maximum atomic E-state index is 12.2. The topological polar surface area (TPSA) is 38.5 Å². The molecule has 0 spiro atoms. The van der Waals surface area contributed by atoms with E-state index in [2.05, 4.69) is 0 Å². The van der Waals surface area contributed by atoms with Crippen molar-refractivity contribution in [2.75, 3.05) is 26.7 Å². The molecule has 1 aliphatic heterocycles. The summed E-state index contributed by atoms with van der Waals surface area (Å²) >= 11 is 0. The molecule has 0 amide bonds. The number of piperidine rings is 1. The average Bonchev–Trinajstić information content (AvgIpc) is 2.16. The van der Waals surface area contributed by atoms with Gasteiger partial charge in [-0.05, 0) is 12.8 Å². The van der Waals surface area contributed by atoms with Crippen molar-refractivity contribution in [1.29, 1.82) is 0 Å². The van der Waals surface area contributed by atoms with Gasteiger partial charge in [0.05, 0.1) is 12.6 Å². The second-order valence-corrected chi connectivity index (χ2v) is 3.86. The first-order valence-corrected chi connectivity index (χ1v) is 5.00. The Morgan fingerprint density at radius 3 is 2.50 bits per heavy atom. The van der Waals surface area contributed by atoms with E-state index < -0.39 is 12.7 Å². The van der Waals surface area contributed by atoms with Crippen LogP contribution in [0.5, 0.6) is 0 Å². The van der Waals surface area contributed by atoms with Gasteiger partial charge in [-0.25, -0.2) is 0 Å². The second kappa shape index (κ2) is 6.64. The molecule has 1 fully saturated rings. The fourth-order valence-corrected chi connectivity index (χ4v) is 1.96. The number of halogens is 4. The lowest BCUT2D eigenvalue weighted by Gasteiger charge is -2.38. The first kappa shape index (κ1) is 16.0. The molecule has 16 heavy (non-hydrogen) atoms. The van der Waals surface area contributed by atoms with Crippen molar-refractivity contribution in [2.24, 2.45) is 5.73 Å². The number of ether oxygens (including phenoxy) is 1. The minimum Gasteiger partial charge on any atom is -0.381 e. The van der Waals surface area contributed by atoms with Gasteiger partial charge in [-0.15, -0.1) is 12.4 Å². The Balaban J connectivity index is 0.00000225. The zero-order valence-corrected chi connectivity index (χ0v) is 9.98. The Morgan fingerprint density at radius 2 is 2.06 bits per heavy atom. The molecule has 0 aliphatic carbocycles. The molecule has 2 atom stereocenters. The molecule has 0 aromatic heterocycles. The van der Waals surface area contributed by atoms with E-state index in [-0.39, 0.29) is 31.1 Å². The highest BCUT2D eigenvalue weighted by atomic mass is 35.5. The summed E-state index contributed by atoms with van der Waals surface area (Å²) in [6, 6.07) is -0.217. The summed E-state index contributed by atoms with van der Waals surface area (Å²) in [5, 5.41) is 0. The Morgan fingerprint density at radius 1 is 1.44 bits per heavy atom. The molecule has 0 saturated carbocycles. The number of hydrogen-bond acceptors (Lipinski definition) is 3. The Bertz CT molecular complexity index is 204. The van der Waals surface area contributed by atoms with Crippen LogP contribution < -0.4 is 5.73 Å². The first-order valence-electron chi connectivity index (χ1n) is 5.00. The third-order valence-corrected chi connectivity index (χ3v) is 2.78. The van der Waals surface area contributed by atoms with Gasteiger partial charge in [0.2, 0.25) is 0 Å². The molecule has 0 radical (unpaired) electrons. The van der Waals surface area contributed by atoms with Gasteiger partial charge in [-0.1, -0.05) is 0 Å². The van der Waals surface area contributed by atoms with Crippen LogP contribution in [-0.2, 0) is 4.74 Å². The first-order chi connectivity index (χ1) is 6.96. The zero-order valence-electron chi connectivity index (χ0n) is 9.17. The molecular formula is C9H18ClF3N2O. The van der Waals surface area contributed by atoms with Gasteiger partial charge in [0.1, 0.15) is 0 Å². The van der Waals surface area contributed by atoms with E-state index in [0.717, 1.165) is 0 Å². The molecule has 1 rings (SSSR count). The Labute approximate surface area is 99.5 Å². The summed E-state index contributed by atoms with van der Waals surface area (Å²) in [6.45, 7) is -0.221. The lowest BCUT2D eigenvalue weighted by atomic mass is 9.99. The molecule has 1 saturated heterocycles. The lowest BCUT2D eigenvalue weighted by Crippen LogP contribution is -2.51. The highest BCUT2D eigenvalue weighted by molar-refractivity contribution is 5.85. The van der Waals surface area contributed by atoms with E-state index in [1.54, 1.807) is 7.11 Å². The monoisotopic (exact) mass is 262 g/mol. The average molecular weight is 263 g/mol. The molecule has 2 unspecified atom stereocenters. The van der Waals surface area contributed by atoms with E-state index >= 15 is 0 Å². The molecular weight excluding hydrogens is 245 g/mol. The lowest BCUT2D eigenvalue weighted by molar-refractivity contribution is -0.157. The summed E-state index contributed by atoms with van der Waals surface area (Å²) in [5.74, 6) is 0. The maximum Gasteiger partial charge on any atom is 0.401 e. The van der Waals surface area contributed by atoms with Crippen LogP contribution in [0.2, 0.25) is 0 Å². The highest BCUT2D eigenvalue weighted by Crippen LogP contribution is 2.24. The normalized spacial score (nSPS) is 27.6.